The number of halogens is 2. The zero-order valence-corrected chi connectivity index (χ0v) is 27.3. The predicted octanol–water partition coefficient (Wildman–Crippen LogP) is 7.11. The van der Waals surface area contributed by atoms with Crippen LogP contribution in [0.5, 0.6) is 0 Å². The van der Waals surface area contributed by atoms with Crippen LogP contribution in [0.1, 0.15) is 28.7 Å². The molecule has 0 unspecified atom stereocenters. The summed E-state index contributed by atoms with van der Waals surface area (Å²) >= 11 is 6.72. The third-order valence-electron chi connectivity index (χ3n) is 6.65. The van der Waals surface area contributed by atoms with Crippen LogP contribution in [-0.2, 0) is 64.6 Å². The molecule has 0 radical (unpaired) electrons. The van der Waals surface area contributed by atoms with Crippen molar-refractivity contribution in [3.8, 4) is 0 Å². The number of hydrogen-bond acceptors (Lipinski definition) is 8. The summed E-state index contributed by atoms with van der Waals surface area (Å²) < 4.78 is 23.6. The van der Waals surface area contributed by atoms with Gasteiger partial charge in [0, 0.05) is 8.95 Å². The molecule has 0 heterocycles. The van der Waals surface area contributed by atoms with Gasteiger partial charge in [0.15, 0.2) is 5.92 Å². The van der Waals surface area contributed by atoms with Gasteiger partial charge in [-0.1, -0.05) is 117 Å². The maximum atomic E-state index is 13.6. The molecule has 4 aromatic carbocycles. The van der Waals surface area contributed by atoms with Crippen molar-refractivity contribution >= 4 is 55.7 Å². The van der Waals surface area contributed by atoms with E-state index >= 15 is 0 Å². The van der Waals surface area contributed by atoms with E-state index in [2.05, 4.69) is 31.9 Å². The van der Waals surface area contributed by atoms with E-state index in [4.69, 9.17) is 18.9 Å². The molecule has 8 nitrogen and oxygen atoms in total. The lowest BCUT2D eigenvalue weighted by Crippen LogP contribution is -2.40. The first-order valence-corrected chi connectivity index (χ1v) is 15.6. The molecule has 1 atom stereocenters. The molecule has 0 aliphatic carbocycles. The number of ether oxygens (including phenoxy) is 4. The summed E-state index contributed by atoms with van der Waals surface area (Å²) in [6, 6.07) is 31.9. The van der Waals surface area contributed by atoms with Gasteiger partial charge < -0.3 is 18.9 Å². The molecule has 0 saturated carbocycles. The summed E-state index contributed by atoms with van der Waals surface area (Å²) in [6.45, 7) is -0.538. The van der Waals surface area contributed by atoms with Gasteiger partial charge in [0.25, 0.3) is 0 Å². The molecule has 0 saturated heterocycles. The Labute approximate surface area is 277 Å². The predicted molar refractivity (Wildman–Crippen MR) is 172 cm³/mol. The molecule has 4 rings (SSSR count). The molecule has 0 fully saturated rings. The number of rotatable bonds is 14. The molecule has 0 amide bonds. The molecule has 232 valence electrons. The van der Waals surface area contributed by atoms with Crippen molar-refractivity contribution < 1.29 is 38.1 Å². The van der Waals surface area contributed by atoms with Crippen molar-refractivity contribution in [2.24, 2.45) is 11.8 Å². The molecular formula is C35H30Br2O8. The van der Waals surface area contributed by atoms with Gasteiger partial charge in [0.2, 0.25) is 0 Å². The average molecular weight is 738 g/mol. The monoisotopic (exact) mass is 736 g/mol. The van der Waals surface area contributed by atoms with Crippen molar-refractivity contribution in [2.75, 3.05) is 0 Å². The molecule has 0 aliphatic heterocycles. The number of carbonyl (C=O) groups is 4. The molecule has 0 aromatic heterocycles. The average Bonchev–Trinajstić information content (AvgIpc) is 3.06. The van der Waals surface area contributed by atoms with E-state index in [9.17, 15) is 19.2 Å². The molecule has 4 aromatic rings. The molecule has 0 aliphatic rings. The van der Waals surface area contributed by atoms with E-state index in [-0.39, 0.29) is 26.4 Å². The highest BCUT2D eigenvalue weighted by Gasteiger charge is 2.44. The molecule has 0 N–H and O–H groups in total. The van der Waals surface area contributed by atoms with Gasteiger partial charge in [-0.3, -0.25) is 19.2 Å². The van der Waals surface area contributed by atoms with Crippen LogP contribution in [-0.4, -0.2) is 23.9 Å². The van der Waals surface area contributed by atoms with Crippen molar-refractivity contribution in [1.29, 1.82) is 0 Å². The third kappa shape index (κ3) is 11.0. The Kier molecular flexibility index (Phi) is 12.9. The van der Waals surface area contributed by atoms with Gasteiger partial charge in [-0.15, -0.1) is 0 Å². The fraction of sp³-hybridized carbons (Fsp3) is 0.200. The largest absolute Gasteiger partial charge is 0.461 e. The second-order valence-electron chi connectivity index (χ2n) is 10.00. The normalized spacial score (nSPS) is 11.4. The first kappa shape index (κ1) is 33.6. The van der Waals surface area contributed by atoms with Crippen molar-refractivity contribution in [1.82, 2.24) is 0 Å². The van der Waals surface area contributed by atoms with E-state index in [0.717, 1.165) is 8.95 Å². The van der Waals surface area contributed by atoms with Crippen LogP contribution in [0.25, 0.3) is 0 Å². The van der Waals surface area contributed by atoms with Crippen molar-refractivity contribution in [3.63, 3.8) is 0 Å². The third-order valence-corrected chi connectivity index (χ3v) is 7.71. The lowest BCUT2D eigenvalue weighted by atomic mass is 9.89. The van der Waals surface area contributed by atoms with Crippen LogP contribution in [0.15, 0.2) is 118 Å². The molecule has 0 bridgehead atoms. The number of hydrogen-bond donors (Lipinski definition) is 0. The fourth-order valence-corrected chi connectivity index (χ4v) is 4.75. The van der Waals surface area contributed by atoms with Gasteiger partial charge >= 0.3 is 23.9 Å². The molecule has 0 spiro atoms. The number of benzene rings is 4. The topological polar surface area (TPSA) is 105 Å². The second-order valence-corrected chi connectivity index (χ2v) is 11.8. The van der Waals surface area contributed by atoms with Crippen LogP contribution < -0.4 is 0 Å². The Morgan fingerprint density at radius 1 is 0.467 bits per heavy atom. The number of esters is 4. The zero-order valence-electron chi connectivity index (χ0n) is 24.1. The van der Waals surface area contributed by atoms with Crippen LogP contribution >= 0.6 is 31.9 Å². The lowest BCUT2D eigenvalue weighted by Gasteiger charge is -2.23. The molecular weight excluding hydrogens is 708 g/mol. The van der Waals surface area contributed by atoms with Gasteiger partial charge in [-0.25, -0.2) is 0 Å². The van der Waals surface area contributed by atoms with Gasteiger partial charge in [-0.2, -0.15) is 0 Å². The Hall–Kier alpha value is -4.28. The van der Waals surface area contributed by atoms with E-state index in [0.29, 0.717) is 22.3 Å². The van der Waals surface area contributed by atoms with E-state index in [1.54, 1.807) is 97.1 Å². The maximum absolute atomic E-state index is 13.6. The van der Waals surface area contributed by atoms with E-state index < -0.39 is 42.1 Å². The highest BCUT2D eigenvalue weighted by Crippen LogP contribution is 2.25. The minimum Gasteiger partial charge on any atom is -0.461 e. The van der Waals surface area contributed by atoms with Gasteiger partial charge in [-0.05, 0) is 46.5 Å². The summed E-state index contributed by atoms with van der Waals surface area (Å²) in [5, 5.41) is 0. The SMILES string of the molecule is O=C(C[C@@H](C(=O)OCc1ccc(Br)cc1)C(C(=O)OCc1ccccc1)C(=O)OCc1ccccc1)OCc1ccc(Br)cc1. The Morgan fingerprint density at radius 3 is 1.24 bits per heavy atom. The first-order chi connectivity index (χ1) is 21.8. The summed E-state index contributed by atoms with van der Waals surface area (Å²) in [5.74, 6) is -7.18. The van der Waals surface area contributed by atoms with Crippen molar-refractivity contribution in [3.05, 3.63) is 140 Å². The summed E-state index contributed by atoms with van der Waals surface area (Å²) in [4.78, 5) is 53.7. The first-order valence-electron chi connectivity index (χ1n) is 14.0. The minimum absolute atomic E-state index is 0.0751. The van der Waals surface area contributed by atoms with Crippen LogP contribution in [0.3, 0.4) is 0 Å². The van der Waals surface area contributed by atoms with E-state index in [1.807, 2.05) is 12.1 Å². The summed E-state index contributed by atoms with van der Waals surface area (Å²) in [6.07, 6.45) is -0.624. The summed E-state index contributed by atoms with van der Waals surface area (Å²) in [7, 11) is 0. The van der Waals surface area contributed by atoms with Gasteiger partial charge in [0.05, 0.1) is 12.3 Å². The number of carbonyl (C=O) groups excluding carboxylic acids is 4. The molecule has 45 heavy (non-hydrogen) atoms. The van der Waals surface area contributed by atoms with Crippen LogP contribution in [0, 0.1) is 11.8 Å². The Morgan fingerprint density at radius 2 is 0.822 bits per heavy atom. The van der Waals surface area contributed by atoms with Crippen LogP contribution in [0.4, 0.5) is 0 Å². The standard InChI is InChI=1S/C35H30Br2O8/c36-28-15-11-26(12-16-28)20-42-31(38)19-30(33(39)43-23-27-13-17-29(37)18-14-27)32(34(40)44-21-24-7-3-1-4-8-24)35(41)45-22-25-9-5-2-6-10-25/h1-18,30,32H,19-23H2/t30-/m1/s1. The highest BCUT2D eigenvalue weighted by molar-refractivity contribution is 9.10. The van der Waals surface area contributed by atoms with Crippen LogP contribution in [0.2, 0.25) is 0 Å². The molecule has 10 heteroatoms. The highest BCUT2D eigenvalue weighted by atomic mass is 79.9. The quantitative estimate of drug-likeness (QED) is 0.0767. The second kappa shape index (κ2) is 17.3. The lowest BCUT2D eigenvalue weighted by molar-refractivity contribution is -0.175. The summed E-state index contributed by atoms with van der Waals surface area (Å²) in [5.41, 5.74) is 2.72. The van der Waals surface area contributed by atoms with Crippen molar-refractivity contribution in [2.45, 2.75) is 32.8 Å². The fourth-order valence-electron chi connectivity index (χ4n) is 4.22. The van der Waals surface area contributed by atoms with E-state index in [1.165, 1.54) is 0 Å². The zero-order chi connectivity index (χ0) is 32.0. The smallest absolute Gasteiger partial charge is 0.321 e. The minimum atomic E-state index is -1.80. The Bertz CT molecular complexity index is 1500. The van der Waals surface area contributed by atoms with Gasteiger partial charge in [0.1, 0.15) is 26.4 Å². The maximum Gasteiger partial charge on any atom is 0.321 e. The Balaban J connectivity index is 1.56.